The molecule has 0 unspecified atom stereocenters. The first-order valence-electron chi connectivity index (χ1n) is 6.53. The standard InChI is InChI=1S/C14H18N2O3S2/c1-3-19-12-6-4-5-11(7-12)16-21(17,18)14-8-13(9-15-2)20-10-14/h4-8,10,15-16H,3,9H2,1-2H3. The molecule has 5 nitrogen and oxygen atoms in total. The predicted octanol–water partition coefficient (Wildman–Crippen LogP) is 2.67. The van der Waals surface area contributed by atoms with Crippen molar-refractivity contribution in [3.8, 4) is 5.75 Å². The fourth-order valence-corrected chi connectivity index (χ4v) is 4.13. The van der Waals surface area contributed by atoms with Crippen LogP contribution in [0.2, 0.25) is 0 Å². The lowest BCUT2D eigenvalue weighted by molar-refractivity contribution is 0.340. The van der Waals surface area contributed by atoms with E-state index in [-0.39, 0.29) is 4.90 Å². The smallest absolute Gasteiger partial charge is 0.262 e. The highest BCUT2D eigenvalue weighted by molar-refractivity contribution is 7.92. The van der Waals surface area contributed by atoms with Gasteiger partial charge in [0.1, 0.15) is 5.75 Å². The Labute approximate surface area is 129 Å². The minimum atomic E-state index is -3.57. The molecule has 0 aliphatic rings. The van der Waals surface area contributed by atoms with Crippen LogP contribution in [0.25, 0.3) is 0 Å². The molecule has 1 heterocycles. The van der Waals surface area contributed by atoms with E-state index in [0.717, 1.165) is 4.88 Å². The van der Waals surface area contributed by atoms with Crippen LogP contribution in [0.15, 0.2) is 40.6 Å². The van der Waals surface area contributed by atoms with Crippen molar-refractivity contribution in [3.63, 3.8) is 0 Å². The summed E-state index contributed by atoms with van der Waals surface area (Å²) in [7, 11) is -1.74. The number of anilines is 1. The Morgan fingerprint density at radius 2 is 2.10 bits per heavy atom. The van der Waals surface area contributed by atoms with Gasteiger partial charge in [0, 0.05) is 22.9 Å². The summed E-state index contributed by atoms with van der Waals surface area (Å²) in [6.07, 6.45) is 0. The summed E-state index contributed by atoms with van der Waals surface area (Å²) in [5, 5.41) is 4.64. The second-order valence-corrected chi connectivity index (χ2v) is 7.02. The number of rotatable bonds is 7. The van der Waals surface area contributed by atoms with Crippen LogP contribution in [0.3, 0.4) is 0 Å². The Morgan fingerprint density at radius 1 is 1.29 bits per heavy atom. The summed E-state index contributed by atoms with van der Waals surface area (Å²) in [6.45, 7) is 3.07. The van der Waals surface area contributed by atoms with Gasteiger partial charge in [-0.1, -0.05) is 6.07 Å². The molecule has 1 aromatic carbocycles. The van der Waals surface area contributed by atoms with E-state index in [4.69, 9.17) is 4.74 Å². The molecule has 0 amide bonds. The van der Waals surface area contributed by atoms with Crippen LogP contribution in [0.1, 0.15) is 11.8 Å². The van der Waals surface area contributed by atoms with Crippen LogP contribution in [0.4, 0.5) is 5.69 Å². The Bertz CT molecular complexity index is 696. The summed E-state index contributed by atoms with van der Waals surface area (Å²) in [5.74, 6) is 0.638. The van der Waals surface area contributed by atoms with E-state index in [2.05, 4.69) is 10.0 Å². The lowest BCUT2D eigenvalue weighted by Crippen LogP contribution is -2.12. The third-order valence-corrected chi connectivity index (χ3v) is 5.13. The predicted molar refractivity (Wildman–Crippen MR) is 85.5 cm³/mol. The van der Waals surface area contributed by atoms with Gasteiger partial charge >= 0.3 is 0 Å². The molecule has 0 saturated carbocycles. The van der Waals surface area contributed by atoms with Gasteiger partial charge in [0.25, 0.3) is 10.0 Å². The van der Waals surface area contributed by atoms with Crippen LogP contribution < -0.4 is 14.8 Å². The molecular weight excluding hydrogens is 308 g/mol. The first-order valence-corrected chi connectivity index (χ1v) is 8.89. The molecule has 0 radical (unpaired) electrons. The molecule has 0 aliphatic heterocycles. The molecule has 0 fully saturated rings. The van der Waals surface area contributed by atoms with Crippen LogP contribution in [0, 0.1) is 0 Å². The van der Waals surface area contributed by atoms with Crippen molar-refractivity contribution < 1.29 is 13.2 Å². The van der Waals surface area contributed by atoms with Crippen molar-refractivity contribution >= 4 is 27.0 Å². The fourth-order valence-electron chi connectivity index (χ4n) is 1.80. The molecular formula is C14H18N2O3S2. The number of ether oxygens (including phenoxy) is 1. The van der Waals surface area contributed by atoms with Crippen LogP contribution in [0.5, 0.6) is 5.75 Å². The lowest BCUT2D eigenvalue weighted by Gasteiger charge is -2.08. The maximum Gasteiger partial charge on any atom is 0.262 e. The van der Waals surface area contributed by atoms with Crippen molar-refractivity contribution in [2.75, 3.05) is 18.4 Å². The van der Waals surface area contributed by atoms with Crippen LogP contribution >= 0.6 is 11.3 Å². The summed E-state index contributed by atoms with van der Waals surface area (Å²) in [5.41, 5.74) is 0.488. The maximum absolute atomic E-state index is 12.3. The van der Waals surface area contributed by atoms with E-state index < -0.39 is 10.0 Å². The zero-order chi connectivity index (χ0) is 15.3. The van der Waals surface area contributed by atoms with Crippen LogP contribution in [-0.4, -0.2) is 22.1 Å². The van der Waals surface area contributed by atoms with Gasteiger partial charge in [-0.25, -0.2) is 8.42 Å². The van der Waals surface area contributed by atoms with E-state index in [9.17, 15) is 8.42 Å². The number of benzene rings is 1. The highest BCUT2D eigenvalue weighted by atomic mass is 32.2. The molecule has 0 atom stereocenters. The molecule has 21 heavy (non-hydrogen) atoms. The van der Waals surface area contributed by atoms with Gasteiger partial charge in [0.2, 0.25) is 0 Å². The van der Waals surface area contributed by atoms with Gasteiger partial charge in [-0.2, -0.15) is 0 Å². The second-order valence-electron chi connectivity index (χ2n) is 4.35. The van der Waals surface area contributed by atoms with E-state index in [1.807, 2.05) is 14.0 Å². The summed E-state index contributed by atoms with van der Waals surface area (Å²) in [6, 6.07) is 8.58. The van der Waals surface area contributed by atoms with E-state index in [1.165, 1.54) is 11.3 Å². The number of hydrogen-bond donors (Lipinski definition) is 2. The summed E-state index contributed by atoms with van der Waals surface area (Å²) < 4.78 is 32.6. The molecule has 0 bridgehead atoms. The monoisotopic (exact) mass is 326 g/mol. The Balaban J connectivity index is 2.18. The number of nitrogens with one attached hydrogen (secondary N) is 2. The van der Waals surface area contributed by atoms with Crippen molar-refractivity contribution in [1.29, 1.82) is 0 Å². The molecule has 7 heteroatoms. The van der Waals surface area contributed by atoms with E-state index in [1.54, 1.807) is 35.7 Å². The van der Waals surface area contributed by atoms with Crippen molar-refractivity contribution in [1.82, 2.24) is 5.32 Å². The van der Waals surface area contributed by atoms with Gasteiger partial charge in [0.05, 0.1) is 17.2 Å². The minimum absolute atomic E-state index is 0.277. The highest BCUT2D eigenvalue weighted by Crippen LogP contribution is 2.24. The second kappa shape index (κ2) is 6.93. The molecule has 114 valence electrons. The third kappa shape index (κ3) is 4.20. The van der Waals surface area contributed by atoms with E-state index in [0.29, 0.717) is 24.6 Å². The SMILES string of the molecule is CCOc1cccc(NS(=O)(=O)c2csc(CNC)c2)c1. The number of thiophene rings is 1. The van der Waals surface area contributed by atoms with Gasteiger partial charge in [-0.15, -0.1) is 11.3 Å². The Kier molecular flexibility index (Phi) is 5.22. The zero-order valence-corrected chi connectivity index (χ0v) is 13.6. The summed E-state index contributed by atoms with van der Waals surface area (Å²) >= 11 is 1.42. The molecule has 0 saturated heterocycles. The quantitative estimate of drug-likeness (QED) is 0.821. The Morgan fingerprint density at radius 3 is 2.81 bits per heavy atom. The van der Waals surface area contributed by atoms with Gasteiger partial charge < -0.3 is 10.1 Å². The fraction of sp³-hybridized carbons (Fsp3) is 0.286. The van der Waals surface area contributed by atoms with Crippen LogP contribution in [-0.2, 0) is 16.6 Å². The van der Waals surface area contributed by atoms with E-state index >= 15 is 0 Å². The van der Waals surface area contributed by atoms with Crippen molar-refractivity contribution in [3.05, 3.63) is 40.6 Å². The largest absolute Gasteiger partial charge is 0.494 e. The molecule has 2 rings (SSSR count). The van der Waals surface area contributed by atoms with Gasteiger partial charge in [-0.05, 0) is 32.2 Å². The van der Waals surface area contributed by atoms with Gasteiger partial charge in [-0.3, -0.25) is 4.72 Å². The zero-order valence-electron chi connectivity index (χ0n) is 11.9. The topological polar surface area (TPSA) is 67.4 Å². The molecule has 2 N–H and O–H groups in total. The van der Waals surface area contributed by atoms with Crippen molar-refractivity contribution in [2.24, 2.45) is 0 Å². The average molecular weight is 326 g/mol. The Hall–Kier alpha value is -1.57. The average Bonchev–Trinajstić information content (AvgIpc) is 2.89. The first-order chi connectivity index (χ1) is 10.0. The van der Waals surface area contributed by atoms with Crippen molar-refractivity contribution in [2.45, 2.75) is 18.4 Å². The molecule has 0 spiro atoms. The first kappa shape index (κ1) is 15.8. The number of hydrogen-bond acceptors (Lipinski definition) is 5. The minimum Gasteiger partial charge on any atom is -0.494 e. The third-order valence-electron chi connectivity index (χ3n) is 2.69. The normalized spacial score (nSPS) is 11.3. The highest BCUT2D eigenvalue weighted by Gasteiger charge is 2.16. The maximum atomic E-state index is 12.3. The molecule has 0 aliphatic carbocycles. The number of sulfonamides is 1. The lowest BCUT2D eigenvalue weighted by atomic mass is 10.3. The summed E-state index contributed by atoms with van der Waals surface area (Å²) in [4.78, 5) is 1.25. The molecule has 2 aromatic rings. The van der Waals surface area contributed by atoms with Gasteiger partial charge in [0.15, 0.2) is 0 Å². The molecule has 1 aromatic heterocycles.